The minimum absolute atomic E-state index is 0.0577. The summed E-state index contributed by atoms with van der Waals surface area (Å²) < 4.78 is 73.6. The second-order valence-electron chi connectivity index (χ2n) is 6.03. The topological polar surface area (TPSA) is 54.5 Å². The lowest BCUT2D eigenvalue weighted by Gasteiger charge is -2.23. The van der Waals surface area contributed by atoms with E-state index in [0.29, 0.717) is 24.2 Å². The number of nitrogens with zero attached hydrogens (tertiary/aromatic N) is 1. The van der Waals surface area contributed by atoms with E-state index in [2.05, 4.69) is 0 Å². The van der Waals surface area contributed by atoms with Crippen molar-refractivity contribution >= 4 is 17.5 Å². The summed E-state index contributed by atoms with van der Waals surface area (Å²) in [5.74, 6) is -3.93. The molecule has 1 amide bonds. The van der Waals surface area contributed by atoms with Crippen LogP contribution in [-0.2, 0) is 14.4 Å². The van der Waals surface area contributed by atoms with Crippen LogP contribution in [0.1, 0.15) is 58.3 Å². The molecule has 0 saturated carbocycles. The first-order chi connectivity index (χ1) is 11.9. The summed E-state index contributed by atoms with van der Waals surface area (Å²) in [6.45, 7) is 0.981. The minimum Gasteiger partial charge on any atom is -0.335 e. The smallest absolute Gasteiger partial charge is 0.335 e. The molecule has 0 fully saturated rings. The van der Waals surface area contributed by atoms with Crippen LogP contribution in [0.4, 0.5) is 26.3 Å². The molecular formula is C16H23F6NO3. The van der Waals surface area contributed by atoms with Crippen molar-refractivity contribution in [1.29, 1.82) is 0 Å². The Morgan fingerprint density at radius 3 is 1.69 bits per heavy atom. The second kappa shape index (κ2) is 11.2. The molecule has 0 N–H and O–H groups in total. The Morgan fingerprint density at radius 1 is 0.692 bits per heavy atom. The van der Waals surface area contributed by atoms with Gasteiger partial charge in [-0.15, -0.1) is 0 Å². The standard InChI is InChI=1S/C16H23F6NO3/c1-12(24)8-7-11-23(14(26)16(20,21)22)10-6-4-2-3-5-9-13(25)15(17,18)19/h2-11H2,1H3. The first-order valence-corrected chi connectivity index (χ1v) is 8.31. The lowest BCUT2D eigenvalue weighted by atomic mass is 10.1. The SMILES string of the molecule is CC(=O)CCCN(CCCCCCCC(=O)C(F)(F)F)C(=O)C(F)(F)F. The average Bonchev–Trinajstić information content (AvgIpc) is 2.49. The van der Waals surface area contributed by atoms with Crippen LogP contribution in [0.25, 0.3) is 0 Å². The van der Waals surface area contributed by atoms with Crippen molar-refractivity contribution in [3.8, 4) is 0 Å². The highest BCUT2D eigenvalue weighted by Gasteiger charge is 2.42. The number of carbonyl (C=O) groups excluding carboxylic acids is 3. The van der Waals surface area contributed by atoms with Gasteiger partial charge in [0.05, 0.1) is 0 Å². The molecule has 0 atom stereocenters. The van der Waals surface area contributed by atoms with E-state index in [-0.39, 0.29) is 44.6 Å². The van der Waals surface area contributed by atoms with E-state index in [0.717, 1.165) is 0 Å². The molecular weight excluding hydrogens is 368 g/mol. The Bertz CT molecular complexity index is 474. The van der Waals surface area contributed by atoms with Crippen LogP contribution in [0.3, 0.4) is 0 Å². The van der Waals surface area contributed by atoms with Gasteiger partial charge in [0.15, 0.2) is 0 Å². The largest absolute Gasteiger partial charge is 0.471 e. The van der Waals surface area contributed by atoms with Gasteiger partial charge in [0.2, 0.25) is 5.78 Å². The van der Waals surface area contributed by atoms with Gasteiger partial charge in [-0.05, 0) is 26.2 Å². The molecule has 0 heterocycles. The Labute approximate surface area is 147 Å². The van der Waals surface area contributed by atoms with E-state index in [1.807, 2.05) is 0 Å². The Kier molecular flexibility index (Phi) is 10.5. The molecule has 152 valence electrons. The molecule has 0 rings (SSSR count). The van der Waals surface area contributed by atoms with Crippen molar-refractivity contribution in [2.24, 2.45) is 0 Å². The van der Waals surface area contributed by atoms with Gasteiger partial charge >= 0.3 is 18.3 Å². The van der Waals surface area contributed by atoms with Crippen LogP contribution in [0.15, 0.2) is 0 Å². The number of ketones is 2. The molecule has 0 aromatic carbocycles. The van der Waals surface area contributed by atoms with Gasteiger partial charge in [0, 0.05) is 25.9 Å². The third-order valence-electron chi connectivity index (χ3n) is 3.63. The maximum atomic E-state index is 12.6. The molecule has 0 aliphatic heterocycles. The summed E-state index contributed by atoms with van der Waals surface area (Å²) in [5.41, 5.74) is 0. The Balaban J connectivity index is 4.15. The third-order valence-corrected chi connectivity index (χ3v) is 3.63. The van der Waals surface area contributed by atoms with Gasteiger partial charge in [-0.25, -0.2) is 0 Å². The van der Waals surface area contributed by atoms with E-state index in [1.165, 1.54) is 6.92 Å². The van der Waals surface area contributed by atoms with Crippen molar-refractivity contribution in [2.75, 3.05) is 13.1 Å². The second-order valence-corrected chi connectivity index (χ2v) is 6.03. The number of Topliss-reactive ketones (excluding diaryl/α,β-unsaturated/α-hetero) is 2. The van der Waals surface area contributed by atoms with E-state index < -0.39 is 30.5 Å². The van der Waals surface area contributed by atoms with Crippen LogP contribution in [0, 0.1) is 0 Å². The highest BCUT2D eigenvalue weighted by atomic mass is 19.4. The van der Waals surface area contributed by atoms with Gasteiger partial charge < -0.3 is 9.69 Å². The summed E-state index contributed by atoms with van der Waals surface area (Å²) in [5, 5.41) is 0. The fourth-order valence-electron chi connectivity index (χ4n) is 2.27. The normalized spacial score (nSPS) is 12.1. The maximum absolute atomic E-state index is 12.6. The summed E-state index contributed by atoms with van der Waals surface area (Å²) in [6.07, 6.45) is -8.68. The van der Waals surface area contributed by atoms with Crippen molar-refractivity contribution in [3.05, 3.63) is 0 Å². The number of rotatable bonds is 12. The molecule has 0 radical (unpaired) electrons. The molecule has 0 aliphatic carbocycles. The van der Waals surface area contributed by atoms with Gasteiger partial charge in [-0.3, -0.25) is 9.59 Å². The molecule has 0 spiro atoms. The van der Waals surface area contributed by atoms with E-state index >= 15 is 0 Å². The highest BCUT2D eigenvalue weighted by molar-refractivity contribution is 5.83. The lowest BCUT2D eigenvalue weighted by molar-refractivity contribution is -0.185. The number of halogens is 6. The van der Waals surface area contributed by atoms with E-state index in [1.54, 1.807) is 0 Å². The van der Waals surface area contributed by atoms with Crippen LogP contribution >= 0.6 is 0 Å². The minimum atomic E-state index is -4.99. The van der Waals surface area contributed by atoms with Crippen molar-refractivity contribution in [1.82, 2.24) is 4.90 Å². The average molecular weight is 391 g/mol. The van der Waals surface area contributed by atoms with Gasteiger partial charge in [-0.2, -0.15) is 26.3 Å². The zero-order valence-corrected chi connectivity index (χ0v) is 14.5. The van der Waals surface area contributed by atoms with Crippen LogP contribution in [-0.4, -0.2) is 47.8 Å². The van der Waals surface area contributed by atoms with Crippen LogP contribution in [0.5, 0.6) is 0 Å². The zero-order chi connectivity index (χ0) is 20.4. The third kappa shape index (κ3) is 11.1. The molecule has 0 aliphatic rings. The van der Waals surface area contributed by atoms with Gasteiger partial charge in [0.25, 0.3) is 0 Å². The van der Waals surface area contributed by atoms with E-state index in [9.17, 15) is 40.7 Å². The van der Waals surface area contributed by atoms with Crippen LogP contribution < -0.4 is 0 Å². The molecule has 0 bridgehead atoms. The molecule has 0 aromatic rings. The predicted octanol–water partition coefficient (Wildman–Crippen LogP) is 4.22. The van der Waals surface area contributed by atoms with Gasteiger partial charge in [0.1, 0.15) is 5.78 Å². The Morgan fingerprint density at radius 2 is 1.19 bits per heavy atom. The van der Waals surface area contributed by atoms with Gasteiger partial charge in [-0.1, -0.05) is 19.3 Å². The van der Waals surface area contributed by atoms with Crippen molar-refractivity contribution in [2.45, 2.75) is 70.6 Å². The summed E-state index contributed by atoms with van der Waals surface area (Å²) in [6, 6.07) is 0. The predicted molar refractivity (Wildman–Crippen MR) is 81.3 cm³/mol. The number of hydrogen-bond donors (Lipinski definition) is 0. The molecule has 26 heavy (non-hydrogen) atoms. The number of alkyl halides is 6. The molecule has 0 unspecified atom stereocenters. The van der Waals surface area contributed by atoms with E-state index in [4.69, 9.17) is 0 Å². The molecule has 4 nitrogen and oxygen atoms in total. The first-order valence-electron chi connectivity index (χ1n) is 8.31. The van der Waals surface area contributed by atoms with Crippen molar-refractivity contribution in [3.63, 3.8) is 0 Å². The number of carbonyl (C=O) groups is 3. The highest BCUT2D eigenvalue weighted by Crippen LogP contribution is 2.21. The number of unbranched alkanes of at least 4 members (excludes halogenated alkanes) is 4. The summed E-state index contributed by atoms with van der Waals surface area (Å²) >= 11 is 0. The van der Waals surface area contributed by atoms with Crippen molar-refractivity contribution < 1.29 is 40.7 Å². The first kappa shape index (κ1) is 24.4. The zero-order valence-electron chi connectivity index (χ0n) is 14.5. The number of hydrogen-bond acceptors (Lipinski definition) is 3. The fourth-order valence-corrected chi connectivity index (χ4v) is 2.27. The molecule has 0 saturated heterocycles. The summed E-state index contributed by atoms with van der Waals surface area (Å²) in [4.78, 5) is 33.5. The Hall–Kier alpha value is -1.61. The quantitative estimate of drug-likeness (QED) is 0.370. The fraction of sp³-hybridized carbons (Fsp3) is 0.812. The maximum Gasteiger partial charge on any atom is 0.471 e. The molecule has 0 aromatic heterocycles. The summed E-state index contributed by atoms with van der Waals surface area (Å²) in [7, 11) is 0. The lowest BCUT2D eigenvalue weighted by Crippen LogP contribution is -2.42. The molecule has 10 heteroatoms. The monoisotopic (exact) mass is 391 g/mol. The number of amides is 1. The van der Waals surface area contributed by atoms with Crippen LogP contribution in [0.2, 0.25) is 0 Å².